The Labute approximate surface area is 162 Å². The highest BCUT2D eigenvalue weighted by molar-refractivity contribution is 5.32. The summed E-state index contributed by atoms with van der Waals surface area (Å²) in [5.74, 6) is 1.13. The van der Waals surface area contributed by atoms with E-state index in [0.29, 0.717) is 17.8 Å². The lowest BCUT2D eigenvalue weighted by atomic mass is 9.51. The topological polar surface area (TPSA) is 32.7 Å². The molecule has 1 N–H and O–H groups in total. The van der Waals surface area contributed by atoms with Crippen LogP contribution in [0.25, 0.3) is 0 Å². The molecule has 1 aliphatic heterocycles. The van der Waals surface area contributed by atoms with Crippen molar-refractivity contribution >= 4 is 0 Å². The Bertz CT molecular complexity index is 707. The van der Waals surface area contributed by atoms with Gasteiger partial charge < -0.3 is 9.84 Å². The molecule has 3 aliphatic carbocycles. The van der Waals surface area contributed by atoms with Gasteiger partial charge in [0.15, 0.2) is 0 Å². The maximum atomic E-state index is 11.3. The third-order valence-corrected chi connectivity index (χ3v) is 7.30. The minimum Gasteiger partial charge on any atom is -0.393 e. The summed E-state index contributed by atoms with van der Waals surface area (Å²) in [5, 5.41) is 11.3. The maximum Gasteiger partial charge on any atom is 0.0597 e. The minimum atomic E-state index is -0.245. The standard InChI is InChI=1S/C24H29NO2/c26-22-17-24(25-11-13-27-14-12-25)15-20(18-7-3-1-4-8-18)23(22)21(16-24)19-9-5-2-6-10-19/h1-10,20-23,26H,11-17H2/t20-,21-,22+,23?,24?/m0/s1. The van der Waals surface area contributed by atoms with Crippen LogP contribution in [0.15, 0.2) is 60.7 Å². The monoisotopic (exact) mass is 363 g/mol. The summed E-state index contributed by atoms with van der Waals surface area (Å²) < 4.78 is 5.64. The van der Waals surface area contributed by atoms with Crippen LogP contribution in [0, 0.1) is 5.92 Å². The second kappa shape index (κ2) is 7.05. The van der Waals surface area contributed by atoms with Gasteiger partial charge in [-0.15, -0.1) is 0 Å². The number of aliphatic hydroxyl groups is 1. The molecule has 1 saturated heterocycles. The summed E-state index contributed by atoms with van der Waals surface area (Å²) >= 11 is 0. The molecule has 2 bridgehead atoms. The summed E-state index contributed by atoms with van der Waals surface area (Å²) in [6.45, 7) is 3.60. The van der Waals surface area contributed by atoms with Crippen LogP contribution in [-0.2, 0) is 4.74 Å². The Hall–Kier alpha value is -1.68. The fourth-order valence-corrected chi connectivity index (χ4v) is 6.19. The van der Waals surface area contributed by atoms with Gasteiger partial charge in [-0.2, -0.15) is 0 Å². The fourth-order valence-electron chi connectivity index (χ4n) is 6.19. The highest BCUT2D eigenvalue weighted by atomic mass is 16.5. The number of hydrogen-bond acceptors (Lipinski definition) is 3. The predicted molar refractivity (Wildman–Crippen MR) is 107 cm³/mol. The van der Waals surface area contributed by atoms with E-state index in [-0.39, 0.29) is 11.6 Å². The Balaban J connectivity index is 1.58. The van der Waals surface area contributed by atoms with Crippen LogP contribution in [0.5, 0.6) is 0 Å². The van der Waals surface area contributed by atoms with Crippen molar-refractivity contribution in [1.82, 2.24) is 4.90 Å². The SMILES string of the molecule is O[C@@H]1CC2(N3CCOCC3)C[C@@H](c3ccccc3)C1[C@H](c1ccccc1)C2. The molecule has 27 heavy (non-hydrogen) atoms. The van der Waals surface area contributed by atoms with Crippen LogP contribution in [0.2, 0.25) is 0 Å². The van der Waals surface area contributed by atoms with E-state index in [1.54, 1.807) is 0 Å². The normalized spacial score (nSPS) is 36.6. The van der Waals surface area contributed by atoms with Gasteiger partial charge in [-0.3, -0.25) is 4.90 Å². The predicted octanol–water partition coefficient (Wildman–Crippen LogP) is 3.80. The van der Waals surface area contributed by atoms with Gasteiger partial charge in [-0.1, -0.05) is 60.7 Å². The number of ether oxygens (including phenoxy) is 1. The van der Waals surface area contributed by atoms with Gasteiger partial charge >= 0.3 is 0 Å². The molecule has 142 valence electrons. The molecule has 3 nitrogen and oxygen atoms in total. The van der Waals surface area contributed by atoms with Crippen molar-refractivity contribution in [2.45, 2.75) is 42.7 Å². The first-order valence-corrected chi connectivity index (χ1v) is 10.4. The van der Waals surface area contributed by atoms with Crippen molar-refractivity contribution in [3.63, 3.8) is 0 Å². The molecule has 2 aromatic carbocycles. The molecule has 3 saturated carbocycles. The van der Waals surface area contributed by atoms with Gasteiger partial charge in [-0.05, 0) is 48.1 Å². The van der Waals surface area contributed by atoms with E-state index < -0.39 is 0 Å². The molecule has 4 fully saturated rings. The number of nitrogens with zero attached hydrogens (tertiary/aromatic N) is 1. The average molecular weight is 364 g/mol. The van der Waals surface area contributed by atoms with E-state index in [9.17, 15) is 5.11 Å². The second-order valence-electron chi connectivity index (χ2n) is 8.62. The van der Waals surface area contributed by atoms with Crippen molar-refractivity contribution < 1.29 is 9.84 Å². The maximum absolute atomic E-state index is 11.3. The minimum absolute atomic E-state index is 0.0823. The van der Waals surface area contributed by atoms with E-state index in [0.717, 1.165) is 45.6 Å². The molecule has 1 heterocycles. The zero-order valence-electron chi connectivity index (χ0n) is 15.8. The lowest BCUT2D eigenvalue weighted by Crippen LogP contribution is -2.64. The number of benzene rings is 2. The van der Waals surface area contributed by atoms with Gasteiger partial charge in [0.1, 0.15) is 0 Å². The van der Waals surface area contributed by atoms with Crippen LogP contribution in [0.4, 0.5) is 0 Å². The molecular weight excluding hydrogens is 334 g/mol. The summed E-state index contributed by atoms with van der Waals surface area (Å²) in [4.78, 5) is 2.64. The lowest BCUT2D eigenvalue weighted by molar-refractivity contribution is -0.126. The molecular formula is C24H29NO2. The van der Waals surface area contributed by atoms with Gasteiger partial charge in [-0.25, -0.2) is 0 Å². The van der Waals surface area contributed by atoms with Crippen LogP contribution in [0.3, 0.4) is 0 Å². The van der Waals surface area contributed by atoms with Crippen LogP contribution < -0.4 is 0 Å². The van der Waals surface area contributed by atoms with Crippen LogP contribution in [-0.4, -0.2) is 48.0 Å². The van der Waals surface area contributed by atoms with Gasteiger partial charge in [0.25, 0.3) is 0 Å². The molecule has 6 rings (SSSR count). The van der Waals surface area contributed by atoms with Crippen LogP contribution >= 0.6 is 0 Å². The molecule has 3 atom stereocenters. The Morgan fingerprint density at radius 3 is 1.81 bits per heavy atom. The van der Waals surface area contributed by atoms with Crippen molar-refractivity contribution in [1.29, 1.82) is 0 Å². The van der Waals surface area contributed by atoms with Gasteiger partial charge in [0.05, 0.1) is 19.3 Å². The Morgan fingerprint density at radius 1 is 0.778 bits per heavy atom. The van der Waals surface area contributed by atoms with E-state index in [1.807, 2.05) is 0 Å². The third kappa shape index (κ3) is 3.02. The first-order valence-electron chi connectivity index (χ1n) is 10.4. The van der Waals surface area contributed by atoms with Crippen molar-refractivity contribution in [2.24, 2.45) is 5.92 Å². The largest absolute Gasteiger partial charge is 0.393 e. The molecule has 0 radical (unpaired) electrons. The lowest BCUT2D eigenvalue weighted by Gasteiger charge is -2.61. The van der Waals surface area contributed by atoms with E-state index in [4.69, 9.17) is 4.74 Å². The highest BCUT2D eigenvalue weighted by Crippen LogP contribution is 2.59. The molecule has 0 unspecified atom stereocenters. The molecule has 2 aromatic rings. The highest BCUT2D eigenvalue weighted by Gasteiger charge is 2.57. The fraction of sp³-hybridized carbons (Fsp3) is 0.500. The smallest absolute Gasteiger partial charge is 0.0597 e. The van der Waals surface area contributed by atoms with Crippen molar-refractivity contribution in [2.75, 3.05) is 26.3 Å². The molecule has 3 heteroatoms. The number of hydrogen-bond donors (Lipinski definition) is 1. The van der Waals surface area contributed by atoms with E-state index in [2.05, 4.69) is 65.6 Å². The Morgan fingerprint density at radius 2 is 1.30 bits per heavy atom. The molecule has 0 spiro atoms. The van der Waals surface area contributed by atoms with E-state index >= 15 is 0 Å². The first-order chi connectivity index (χ1) is 13.3. The molecule has 0 amide bonds. The second-order valence-corrected chi connectivity index (χ2v) is 8.62. The average Bonchev–Trinajstić information content (AvgIpc) is 2.75. The van der Waals surface area contributed by atoms with E-state index in [1.165, 1.54) is 11.1 Å². The van der Waals surface area contributed by atoms with Crippen molar-refractivity contribution in [3.8, 4) is 0 Å². The summed E-state index contributed by atoms with van der Waals surface area (Å²) in [5.41, 5.74) is 2.86. The molecule has 0 aromatic heterocycles. The number of fused-ring (bicyclic) bond motifs is 3. The zero-order valence-corrected chi connectivity index (χ0v) is 15.8. The summed E-state index contributed by atoms with van der Waals surface area (Å²) in [6.07, 6.45) is 2.97. The third-order valence-electron chi connectivity index (χ3n) is 7.30. The molecule has 4 aliphatic rings. The van der Waals surface area contributed by atoms with Crippen molar-refractivity contribution in [3.05, 3.63) is 71.8 Å². The number of morpholine rings is 1. The summed E-state index contributed by atoms with van der Waals surface area (Å²) in [6, 6.07) is 21.8. The summed E-state index contributed by atoms with van der Waals surface area (Å²) in [7, 11) is 0. The Kier molecular flexibility index (Phi) is 4.55. The number of rotatable bonds is 3. The first kappa shape index (κ1) is 17.4. The van der Waals surface area contributed by atoms with Gasteiger partial charge in [0, 0.05) is 18.6 Å². The zero-order chi connectivity index (χ0) is 18.3. The van der Waals surface area contributed by atoms with Crippen LogP contribution in [0.1, 0.15) is 42.2 Å². The quantitative estimate of drug-likeness (QED) is 0.900. The number of aliphatic hydroxyl groups excluding tert-OH is 1. The van der Waals surface area contributed by atoms with Gasteiger partial charge in [0.2, 0.25) is 0 Å².